The Morgan fingerprint density at radius 2 is 1.79 bits per heavy atom. The van der Waals surface area contributed by atoms with E-state index >= 15 is 0 Å². The van der Waals surface area contributed by atoms with Crippen molar-refractivity contribution in [3.8, 4) is 22.4 Å². The van der Waals surface area contributed by atoms with Gasteiger partial charge in [-0.15, -0.1) is 11.3 Å². The lowest BCUT2D eigenvalue weighted by Gasteiger charge is -2.24. The lowest BCUT2D eigenvalue weighted by molar-refractivity contribution is -0.119. The molecular formula is C30H33N5O3S. The predicted molar refractivity (Wildman–Crippen MR) is 156 cm³/mol. The first-order chi connectivity index (χ1) is 18.7. The van der Waals surface area contributed by atoms with Crippen LogP contribution < -0.4 is 16.4 Å². The lowest BCUT2D eigenvalue weighted by Crippen LogP contribution is -2.46. The van der Waals surface area contributed by atoms with Gasteiger partial charge in [0.15, 0.2) is 5.13 Å². The summed E-state index contributed by atoms with van der Waals surface area (Å²) >= 11 is 1.32. The van der Waals surface area contributed by atoms with Crippen molar-refractivity contribution in [2.24, 2.45) is 5.73 Å². The molecule has 0 aliphatic rings. The highest BCUT2D eigenvalue weighted by Gasteiger charge is 2.24. The summed E-state index contributed by atoms with van der Waals surface area (Å²) in [5.41, 5.74) is 11.8. The highest BCUT2D eigenvalue weighted by Crippen LogP contribution is 2.29. The molecule has 202 valence electrons. The Morgan fingerprint density at radius 1 is 1.05 bits per heavy atom. The third kappa shape index (κ3) is 6.94. The molecule has 4 N–H and O–H groups in total. The van der Waals surface area contributed by atoms with Gasteiger partial charge in [-0.2, -0.15) is 0 Å². The molecule has 4 aromatic rings. The molecule has 0 fully saturated rings. The van der Waals surface area contributed by atoms with Crippen LogP contribution in [0.15, 0.2) is 72.2 Å². The van der Waals surface area contributed by atoms with Gasteiger partial charge >= 0.3 is 0 Å². The number of benzene rings is 2. The minimum Gasteiger partial charge on any atom is -0.382 e. The van der Waals surface area contributed by atoms with Crippen molar-refractivity contribution in [1.29, 1.82) is 0 Å². The molecule has 0 unspecified atom stereocenters. The highest BCUT2D eigenvalue weighted by atomic mass is 32.1. The molecule has 2 aromatic carbocycles. The fourth-order valence-corrected chi connectivity index (χ4v) is 4.75. The van der Waals surface area contributed by atoms with Crippen molar-refractivity contribution in [3.05, 3.63) is 89.1 Å². The van der Waals surface area contributed by atoms with Crippen LogP contribution in [0.2, 0.25) is 0 Å². The normalized spacial score (nSPS) is 12.1. The number of pyridine rings is 1. The van der Waals surface area contributed by atoms with Gasteiger partial charge in [0, 0.05) is 47.5 Å². The van der Waals surface area contributed by atoms with Gasteiger partial charge in [-0.05, 0) is 53.9 Å². The van der Waals surface area contributed by atoms with Crippen LogP contribution in [0.3, 0.4) is 0 Å². The summed E-state index contributed by atoms with van der Waals surface area (Å²) in [5, 5.41) is 7.93. The Bertz CT molecular complexity index is 1470. The zero-order chi connectivity index (χ0) is 28.0. The molecule has 8 nitrogen and oxygen atoms in total. The topological polar surface area (TPSA) is 119 Å². The molecule has 0 saturated heterocycles. The Balaban J connectivity index is 1.46. The summed E-state index contributed by atoms with van der Waals surface area (Å²) in [6.45, 7) is 6.45. The lowest BCUT2D eigenvalue weighted by atomic mass is 9.84. The van der Waals surface area contributed by atoms with Crippen LogP contribution in [0.4, 0.5) is 5.13 Å². The molecule has 0 aliphatic heterocycles. The molecule has 4 rings (SSSR count). The number of hydrogen-bond donors (Lipinski definition) is 3. The zero-order valence-corrected chi connectivity index (χ0v) is 23.3. The van der Waals surface area contributed by atoms with Crippen molar-refractivity contribution in [2.45, 2.75) is 32.2 Å². The highest BCUT2D eigenvalue weighted by molar-refractivity contribution is 7.14. The second-order valence-corrected chi connectivity index (χ2v) is 10.8. The molecule has 0 spiro atoms. The largest absolute Gasteiger partial charge is 0.382 e. The van der Waals surface area contributed by atoms with E-state index in [0.29, 0.717) is 17.2 Å². The molecule has 0 saturated carbocycles. The molecule has 0 radical (unpaired) electrons. The van der Waals surface area contributed by atoms with Gasteiger partial charge in [0.05, 0.1) is 12.3 Å². The first-order valence-corrected chi connectivity index (χ1v) is 13.5. The monoisotopic (exact) mass is 543 g/mol. The maximum Gasteiger partial charge on any atom is 0.252 e. The van der Waals surface area contributed by atoms with Crippen LogP contribution in [0.1, 0.15) is 35.5 Å². The van der Waals surface area contributed by atoms with Gasteiger partial charge in [-0.25, -0.2) is 4.98 Å². The summed E-state index contributed by atoms with van der Waals surface area (Å²) < 4.78 is 5.22. The van der Waals surface area contributed by atoms with Crippen LogP contribution in [-0.2, 0) is 14.9 Å². The second-order valence-electron chi connectivity index (χ2n) is 9.94. The van der Waals surface area contributed by atoms with E-state index in [4.69, 9.17) is 10.5 Å². The Labute approximate surface area is 232 Å². The van der Waals surface area contributed by atoms with Crippen LogP contribution in [-0.4, -0.2) is 48.1 Å². The Kier molecular flexibility index (Phi) is 8.86. The number of carbonyl (C=O) groups excluding carboxylic acids is 2. The number of amides is 2. The van der Waals surface area contributed by atoms with E-state index in [-0.39, 0.29) is 17.9 Å². The number of hydrogen-bond acceptors (Lipinski definition) is 7. The molecule has 9 heteroatoms. The van der Waals surface area contributed by atoms with E-state index in [9.17, 15) is 9.59 Å². The minimum absolute atomic E-state index is 0.0111. The van der Waals surface area contributed by atoms with Gasteiger partial charge in [0.2, 0.25) is 0 Å². The number of nitrogens with one attached hydrogen (secondary N) is 2. The summed E-state index contributed by atoms with van der Waals surface area (Å²) in [6.07, 6.45) is 1.79. The standard InChI is InChI=1S/C30H33N5O3S/c1-19-13-21(11-12-32-19)20-7-5-8-22(14-20)26-17-39-29(34-26)35-28(37)25(16-38-4)33-27(36)23-9-6-10-24(15-23)30(2,3)18-31/h5-15,17,25H,16,18,31H2,1-4H3,(H,33,36)(H,34,35,37)/t25-/m0/s1. The van der Waals surface area contributed by atoms with E-state index in [1.54, 1.807) is 18.3 Å². The smallest absolute Gasteiger partial charge is 0.252 e. The van der Waals surface area contributed by atoms with Gasteiger partial charge in [0.25, 0.3) is 11.8 Å². The number of rotatable bonds is 10. The number of aryl methyl sites for hydroxylation is 1. The maximum absolute atomic E-state index is 13.1. The van der Waals surface area contributed by atoms with Crippen molar-refractivity contribution >= 4 is 28.3 Å². The number of aromatic nitrogens is 2. The van der Waals surface area contributed by atoms with E-state index in [2.05, 4.69) is 26.7 Å². The number of ether oxygens (including phenoxy) is 1. The van der Waals surface area contributed by atoms with E-state index in [1.165, 1.54) is 18.4 Å². The van der Waals surface area contributed by atoms with E-state index in [0.717, 1.165) is 33.6 Å². The molecule has 39 heavy (non-hydrogen) atoms. The van der Waals surface area contributed by atoms with Crippen molar-refractivity contribution < 1.29 is 14.3 Å². The maximum atomic E-state index is 13.1. The first kappa shape index (κ1) is 28.1. The molecule has 0 aliphatic carbocycles. The van der Waals surface area contributed by atoms with Crippen molar-refractivity contribution in [3.63, 3.8) is 0 Å². The molecular weight excluding hydrogens is 510 g/mol. The number of methoxy groups -OCH3 is 1. The molecule has 2 heterocycles. The molecule has 0 bridgehead atoms. The number of nitrogens with two attached hydrogens (primary N) is 1. The summed E-state index contributed by atoms with van der Waals surface area (Å²) in [4.78, 5) is 35.0. The second kappa shape index (κ2) is 12.3. The number of anilines is 1. The van der Waals surface area contributed by atoms with Gasteiger partial charge in [-0.3, -0.25) is 14.6 Å². The SMILES string of the molecule is COC[C@H](NC(=O)c1cccc(C(C)(C)CN)c1)C(=O)Nc1nc(-c2cccc(-c3ccnc(C)c3)c2)cs1. The average Bonchev–Trinajstić information content (AvgIpc) is 3.41. The van der Waals surface area contributed by atoms with Gasteiger partial charge in [0.1, 0.15) is 6.04 Å². The van der Waals surface area contributed by atoms with Gasteiger partial charge in [-0.1, -0.05) is 44.2 Å². The average molecular weight is 544 g/mol. The van der Waals surface area contributed by atoms with Gasteiger partial charge < -0.3 is 21.1 Å². The quantitative estimate of drug-likeness (QED) is 0.264. The molecule has 2 aromatic heterocycles. The number of carbonyl (C=O) groups is 2. The first-order valence-electron chi connectivity index (χ1n) is 12.6. The third-order valence-corrected chi connectivity index (χ3v) is 7.25. The molecule has 1 atom stereocenters. The van der Waals surface area contributed by atoms with Crippen LogP contribution in [0, 0.1) is 6.92 Å². The van der Waals surface area contributed by atoms with Crippen LogP contribution in [0.25, 0.3) is 22.4 Å². The van der Waals surface area contributed by atoms with E-state index in [1.807, 2.05) is 68.6 Å². The van der Waals surface area contributed by atoms with Crippen molar-refractivity contribution in [1.82, 2.24) is 15.3 Å². The Hall–Kier alpha value is -3.92. The van der Waals surface area contributed by atoms with Crippen LogP contribution in [0.5, 0.6) is 0 Å². The summed E-state index contributed by atoms with van der Waals surface area (Å²) in [6, 6.07) is 18.4. The van der Waals surface area contributed by atoms with Crippen LogP contribution >= 0.6 is 11.3 Å². The Morgan fingerprint density at radius 3 is 2.54 bits per heavy atom. The summed E-state index contributed by atoms with van der Waals surface area (Å²) in [5.74, 6) is -0.782. The predicted octanol–water partition coefficient (Wildman–Crippen LogP) is 4.80. The minimum atomic E-state index is -0.903. The van der Waals surface area contributed by atoms with E-state index < -0.39 is 11.9 Å². The van der Waals surface area contributed by atoms with Crippen molar-refractivity contribution in [2.75, 3.05) is 25.6 Å². The molecule has 2 amide bonds. The zero-order valence-electron chi connectivity index (χ0n) is 22.5. The number of nitrogens with zero attached hydrogens (tertiary/aromatic N) is 2. The fourth-order valence-electron chi connectivity index (χ4n) is 4.03. The third-order valence-electron chi connectivity index (χ3n) is 6.49. The summed E-state index contributed by atoms with van der Waals surface area (Å²) in [7, 11) is 1.48. The number of thiazole rings is 1. The fraction of sp³-hybridized carbons (Fsp3) is 0.267.